The minimum absolute atomic E-state index is 0.0511. The van der Waals surface area contributed by atoms with Crippen molar-refractivity contribution in [1.29, 1.82) is 0 Å². The Labute approximate surface area is 159 Å². The quantitative estimate of drug-likeness (QED) is 0.776. The van der Waals surface area contributed by atoms with E-state index in [0.29, 0.717) is 17.1 Å². The molecule has 6 heteroatoms. The van der Waals surface area contributed by atoms with Gasteiger partial charge in [-0.05, 0) is 43.5 Å². The largest absolute Gasteiger partial charge is 0.493 e. The van der Waals surface area contributed by atoms with Crippen LogP contribution in [-0.2, 0) is 6.54 Å². The molecule has 1 aliphatic rings. The summed E-state index contributed by atoms with van der Waals surface area (Å²) in [6.45, 7) is 8.19. The van der Waals surface area contributed by atoms with Gasteiger partial charge in [-0.3, -0.25) is 9.69 Å². The van der Waals surface area contributed by atoms with Crippen molar-refractivity contribution in [1.82, 2.24) is 9.80 Å². The van der Waals surface area contributed by atoms with Gasteiger partial charge < -0.3 is 14.4 Å². The monoisotopic (exact) mass is 374 g/mol. The lowest BCUT2D eigenvalue weighted by molar-refractivity contribution is 0.0629. The van der Waals surface area contributed by atoms with E-state index >= 15 is 0 Å². The first-order chi connectivity index (χ1) is 12.6. The summed E-state index contributed by atoms with van der Waals surface area (Å²) >= 11 is 1.78. The minimum Gasteiger partial charge on any atom is -0.493 e. The molecule has 2 heterocycles. The van der Waals surface area contributed by atoms with Gasteiger partial charge >= 0.3 is 0 Å². The Morgan fingerprint density at radius 3 is 2.54 bits per heavy atom. The maximum Gasteiger partial charge on any atom is 0.254 e. The molecule has 140 valence electrons. The Kier molecular flexibility index (Phi) is 6.16. The molecule has 0 saturated carbocycles. The van der Waals surface area contributed by atoms with E-state index in [4.69, 9.17) is 9.47 Å². The molecule has 2 aromatic rings. The lowest BCUT2D eigenvalue weighted by Gasteiger charge is -2.34. The summed E-state index contributed by atoms with van der Waals surface area (Å²) in [4.78, 5) is 18.5. The second-order valence-corrected chi connectivity index (χ2v) is 7.71. The van der Waals surface area contributed by atoms with E-state index in [0.717, 1.165) is 32.7 Å². The molecule has 0 atom stereocenters. The van der Waals surface area contributed by atoms with E-state index in [9.17, 15) is 4.79 Å². The molecule has 0 aliphatic carbocycles. The Balaban J connectivity index is 1.61. The third kappa shape index (κ3) is 4.56. The first-order valence-corrected chi connectivity index (χ1v) is 9.83. The van der Waals surface area contributed by atoms with E-state index in [-0.39, 0.29) is 12.0 Å². The van der Waals surface area contributed by atoms with Crippen LogP contribution in [0.15, 0.2) is 35.7 Å². The molecule has 1 aromatic heterocycles. The second-order valence-electron chi connectivity index (χ2n) is 6.68. The third-order valence-electron chi connectivity index (χ3n) is 4.39. The smallest absolute Gasteiger partial charge is 0.254 e. The number of piperazine rings is 1. The van der Waals surface area contributed by atoms with Crippen LogP contribution < -0.4 is 9.47 Å². The lowest BCUT2D eigenvalue weighted by Crippen LogP contribution is -2.48. The van der Waals surface area contributed by atoms with Gasteiger partial charge in [0.2, 0.25) is 0 Å². The number of methoxy groups -OCH3 is 1. The topological polar surface area (TPSA) is 42.0 Å². The van der Waals surface area contributed by atoms with Gasteiger partial charge in [0.25, 0.3) is 5.91 Å². The van der Waals surface area contributed by atoms with E-state index < -0.39 is 0 Å². The van der Waals surface area contributed by atoms with Crippen LogP contribution in [0.4, 0.5) is 0 Å². The number of thiophene rings is 1. The number of carbonyl (C=O) groups excluding carboxylic acids is 1. The number of rotatable bonds is 6. The average molecular weight is 375 g/mol. The molecule has 0 spiro atoms. The first-order valence-electron chi connectivity index (χ1n) is 8.95. The molecular formula is C20H26N2O3S. The van der Waals surface area contributed by atoms with Gasteiger partial charge in [0.05, 0.1) is 13.2 Å². The fourth-order valence-electron chi connectivity index (χ4n) is 3.07. The Morgan fingerprint density at radius 1 is 1.15 bits per heavy atom. The van der Waals surface area contributed by atoms with E-state index in [1.54, 1.807) is 24.5 Å². The number of carbonyl (C=O) groups is 1. The van der Waals surface area contributed by atoms with Crippen molar-refractivity contribution < 1.29 is 14.3 Å². The molecule has 5 nitrogen and oxygen atoms in total. The van der Waals surface area contributed by atoms with Crippen LogP contribution in [0, 0.1) is 0 Å². The summed E-state index contributed by atoms with van der Waals surface area (Å²) in [6.07, 6.45) is 0.0573. The fraction of sp³-hybridized carbons (Fsp3) is 0.450. The predicted octanol–water partition coefficient (Wildman–Crippen LogP) is 3.50. The summed E-state index contributed by atoms with van der Waals surface area (Å²) in [5.74, 6) is 1.32. The zero-order chi connectivity index (χ0) is 18.5. The highest BCUT2D eigenvalue weighted by Gasteiger charge is 2.23. The van der Waals surface area contributed by atoms with E-state index in [1.807, 2.05) is 30.9 Å². The maximum atomic E-state index is 12.8. The first kappa shape index (κ1) is 18.7. The van der Waals surface area contributed by atoms with Gasteiger partial charge in [0.1, 0.15) is 0 Å². The lowest BCUT2D eigenvalue weighted by atomic mass is 10.1. The van der Waals surface area contributed by atoms with Crippen molar-refractivity contribution in [2.45, 2.75) is 26.5 Å². The number of hydrogen-bond donors (Lipinski definition) is 0. The zero-order valence-corrected chi connectivity index (χ0v) is 16.4. The summed E-state index contributed by atoms with van der Waals surface area (Å²) in [5, 5.41) is 2.11. The van der Waals surface area contributed by atoms with Crippen LogP contribution >= 0.6 is 11.3 Å². The van der Waals surface area contributed by atoms with Crippen LogP contribution in [0.3, 0.4) is 0 Å². The third-order valence-corrected chi connectivity index (χ3v) is 5.25. The number of nitrogens with zero attached hydrogens (tertiary/aromatic N) is 2. The maximum absolute atomic E-state index is 12.8. The summed E-state index contributed by atoms with van der Waals surface area (Å²) in [7, 11) is 1.60. The van der Waals surface area contributed by atoms with Crippen molar-refractivity contribution >= 4 is 17.2 Å². The highest BCUT2D eigenvalue weighted by atomic mass is 32.1. The fourth-order valence-corrected chi connectivity index (χ4v) is 3.81. The number of hydrogen-bond acceptors (Lipinski definition) is 5. The molecule has 1 fully saturated rings. The van der Waals surface area contributed by atoms with Gasteiger partial charge in [0.15, 0.2) is 11.5 Å². The zero-order valence-electron chi connectivity index (χ0n) is 15.6. The Hall–Kier alpha value is -2.05. The molecule has 0 unspecified atom stereocenters. The summed E-state index contributed by atoms with van der Waals surface area (Å²) in [6, 6.07) is 9.66. The van der Waals surface area contributed by atoms with Gasteiger partial charge in [-0.25, -0.2) is 0 Å². The standard InChI is InChI=1S/C20H26N2O3S/c1-15(2)25-18-7-6-16(13-19(18)24-3)20(23)22-10-8-21(9-11-22)14-17-5-4-12-26-17/h4-7,12-13,15H,8-11,14H2,1-3H3. The van der Waals surface area contributed by atoms with Gasteiger partial charge in [-0.1, -0.05) is 6.07 Å². The van der Waals surface area contributed by atoms with Gasteiger partial charge in [-0.15, -0.1) is 11.3 Å². The summed E-state index contributed by atoms with van der Waals surface area (Å²) in [5.41, 5.74) is 0.643. The molecule has 1 aliphatic heterocycles. The number of amides is 1. The normalized spacial score (nSPS) is 15.3. The highest BCUT2D eigenvalue weighted by Crippen LogP contribution is 2.29. The average Bonchev–Trinajstić information content (AvgIpc) is 3.14. The van der Waals surface area contributed by atoms with Crippen molar-refractivity contribution in [2.75, 3.05) is 33.3 Å². The predicted molar refractivity (Wildman–Crippen MR) is 104 cm³/mol. The van der Waals surface area contributed by atoms with Gasteiger partial charge in [-0.2, -0.15) is 0 Å². The molecule has 26 heavy (non-hydrogen) atoms. The van der Waals surface area contributed by atoms with E-state index in [1.165, 1.54) is 4.88 Å². The van der Waals surface area contributed by atoms with E-state index in [2.05, 4.69) is 22.4 Å². The Morgan fingerprint density at radius 2 is 1.92 bits per heavy atom. The van der Waals surface area contributed by atoms with Crippen LogP contribution in [0.5, 0.6) is 11.5 Å². The van der Waals surface area contributed by atoms with Crippen LogP contribution in [0.25, 0.3) is 0 Å². The van der Waals surface area contributed by atoms with Crippen molar-refractivity contribution in [2.24, 2.45) is 0 Å². The van der Waals surface area contributed by atoms with Crippen LogP contribution in [0.1, 0.15) is 29.1 Å². The molecule has 0 N–H and O–H groups in total. The molecule has 0 bridgehead atoms. The molecule has 1 amide bonds. The summed E-state index contributed by atoms with van der Waals surface area (Å²) < 4.78 is 11.1. The number of ether oxygens (including phenoxy) is 2. The molecule has 1 aromatic carbocycles. The molecule has 0 radical (unpaired) electrons. The SMILES string of the molecule is COc1cc(C(=O)N2CCN(Cc3cccs3)CC2)ccc1OC(C)C. The Bertz CT molecular complexity index is 723. The van der Waals surface area contributed by atoms with Crippen molar-refractivity contribution in [3.8, 4) is 11.5 Å². The number of benzene rings is 1. The molecule has 1 saturated heterocycles. The second kappa shape index (κ2) is 8.56. The molecule has 3 rings (SSSR count). The van der Waals surface area contributed by atoms with Crippen LogP contribution in [0.2, 0.25) is 0 Å². The van der Waals surface area contributed by atoms with Crippen molar-refractivity contribution in [3.05, 3.63) is 46.2 Å². The highest BCUT2D eigenvalue weighted by molar-refractivity contribution is 7.09. The minimum atomic E-state index is 0.0511. The van der Waals surface area contributed by atoms with Gasteiger partial charge in [0, 0.05) is 43.2 Å². The van der Waals surface area contributed by atoms with Crippen LogP contribution in [-0.4, -0.2) is 55.1 Å². The molecular weight excluding hydrogens is 348 g/mol. The van der Waals surface area contributed by atoms with Crippen molar-refractivity contribution in [3.63, 3.8) is 0 Å².